The minimum Gasteiger partial charge on any atom is -0.394 e. The summed E-state index contributed by atoms with van der Waals surface area (Å²) in [4.78, 5) is 12.0. The number of hydrogen-bond donors (Lipinski definition) is 3. The number of rotatable bonds is 5. The van der Waals surface area contributed by atoms with Crippen LogP contribution >= 0.6 is 0 Å². The van der Waals surface area contributed by atoms with Gasteiger partial charge in [0.1, 0.15) is 0 Å². The van der Waals surface area contributed by atoms with Crippen molar-refractivity contribution in [2.45, 2.75) is 45.1 Å². The van der Waals surface area contributed by atoms with Gasteiger partial charge in [0.05, 0.1) is 18.8 Å². The Balaban J connectivity index is 2.61. The highest BCUT2D eigenvalue weighted by Crippen LogP contribution is 2.31. The topological polar surface area (TPSA) is 69.6 Å². The number of aliphatic hydroxyl groups excluding tert-OH is 2. The summed E-state index contributed by atoms with van der Waals surface area (Å²) in [5, 5.41) is 21.3. The third-order valence-electron chi connectivity index (χ3n) is 3.87. The molecule has 0 saturated heterocycles. The van der Waals surface area contributed by atoms with Crippen LogP contribution < -0.4 is 5.32 Å². The van der Waals surface area contributed by atoms with Crippen LogP contribution in [0.15, 0.2) is 0 Å². The molecule has 1 aliphatic rings. The van der Waals surface area contributed by atoms with Crippen molar-refractivity contribution < 1.29 is 15.0 Å². The molecule has 16 heavy (non-hydrogen) atoms. The van der Waals surface area contributed by atoms with Crippen molar-refractivity contribution >= 4 is 5.91 Å². The lowest BCUT2D eigenvalue weighted by molar-refractivity contribution is -0.129. The Labute approximate surface area is 97.0 Å². The Morgan fingerprint density at radius 2 is 2.00 bits per heavy atom. The molecule has 2 atom stereocenters. The predicted molar refractivity (Wildman–Crippen MR) is 61.8 cm³/mol. The van der Waals surface area contributed by atoms with Crippen molar-refractivity contribution in [1.82, 2.24) is 5.32 Å². The summed E-state index contributed by atoms with van der Waals surface area (Å²) in [6, 6.07) is 0. The van der Waals surface area contributed by atoms with E-state index in [1.807, 2.05) is 6.92 Å². The highest BCUT2D eigenvalue weighted by molar-refractivity contribution is 5.80. The standard InChI is InChI=1S/C12H23NO3/c1-3-12(7-14,8-15)13-11(16)10-6-4-5-9(10)2/h9-10,14-15H,3-8H2,1-2H3,(H,13,16). The molecular weight excluding hydrogens is 206 g/mol. The quantitative estimate of drug-likeness (QED) is 0.649. The van der Waals surface area contributed by atoms with Gasteiger partial charge in [0.25, 0.3) is 0 Å². The molecular formula is C12H23NO3. The number of hydrogen-bond acceptors (Lipinski definition) is 3. The zero-order valence-corrected chi connectivity index (χ0v) is 10.2. The van der Waals surface area contributed by atoms with Crippen molar-refractivity contribution in [3.05, 3.63) is 0 Å². The highest BCUT2D eigenvalue weighted by Gasteiger charge is 2.35. The van der Waals surface area contributed by atoms with Gasteiger partial charge in [-0.3, -0.25) is 4.79 Å². The first-order valence-electron chi connectivity index (χ1n) is 6.12. The van der Waals surface area contributed by atoms with Crippen LogP contribution in [0.3, 0.4) is 0 Å². The fourth-order valence-electron chi connectivity index (χ4n) is 2.33. The molecule has 0 heterocycles. The average Bonchev–Trinajstić information content (AvgIpc) is 2.72. The van der Waals surface area contributed by atoms with Crippen molar-refractivity contribution in [2.24, 2.45) is 11.8 Å². The van der Waals surface area contributed by atoms with Crippen LogP contribution in [0.5, 0.6) is 0 Å². The number of carbonyl (C=O) groups excluding carboxylic acids is 1. The molecule has 0 aromatic rings. The molecule has 4 heteroatoms. The summed E-state index contributed by atoms with van der Waals surface area (Å²) in [6.45, 7) is 3.51. The lowest BCUT2D eigenvalue weighted by atomic mass is 9.93. The molecule has 0 spiro atoms. The predicted octanol–water partition coefficient (Wildman–Crippen LogP) is 0.672. The summed E-state index contributed by atoms with van der Waals surface area (Å²) in [6.07, 6.45) is 3.64. The molecule has 0 aromatic carbocycles. The molecule has 1 rings (SSSR count). The summed E-state index contributed by atoms with van der Waals surface area (Å²) in [7, 11) is 0. The van der Waals surface area contributed by atoms with Gasteiger partial charge in [-0.25, -0.2) is 0 Å². The largest absolute Gasteiger partial charge is 0.394 e. The highest BCUT2D eigenvalue weighted by atomic mass is 16.3. The van der Waals surface area contributed by atoms with E-state index in [1.165, 1.54) is 0 Å². The first-order chi connectivity index (χ1) is 7.58. The Kier molecular flexibility index (Phi) is 4.74. The number of nitrogens with one attached hydrogen (secondary N) is 1. The van der Waals surface area contributed by atoms with E-state index in [0.29, 0.717) is 12.3 Å². The van der Waals surface area contributed by atoms with Gasteiger partial charge in [-0.1, -0.05) is 20.3 Å². The number of aliphatic hydroxyl groups is 2. The molecule has 94 valence electrons. The zero-order valence-electron chi connectivity index (χ0n) is 10.2. The molecule has 1 fully saturated rings. The summed E-state index contributed by atoms with van der Waals surface area (Å²) < 4.78 is 0. The smallest absolute Gasteiger partial charge is 0.223 e. The van der Waals surface area contributed by atoms with Gasteiger partial charge in [0, 0.05) is 5.92 Å². The molecule has 0 aliphatic heterocycles. The van der Waals surface area contributed by atoms with Crippen LogP contribution in [0.1, 0.15) is 39.5 Å². The molecule has 1 saturated carbocycles. The van der Waals surface area contributed by atoms with Crippen LogP contribution in [0, 0.1) is 11.8 Å². The van der Waals surface area contributed by atoms with E-state index < -0.39 is 5.54 Å². The molecule has 4 nitrogen and oxygen atoms in total. The third kappa shape index (κ3) is 2.74. The van der Waals surface area contributed by atoms with E-state index in [2.05, 4.69) is 12.2 Å². The number of amides is 1. The molecule has 1 amide bonds. The average molecular weight is 229 g/mol. The maximum Gasteiger partial charge on any atom is 0.223 e. The molecule has 1 aliphatic carbocycles. The second kappa shape index (κ2) is 5.64. The summed E-state index contributed by atoms with van der Waals surface area (Å²) >= 11 is 0. The van der Waals surface area contributed by atoms with E-state index >= 15 is 0 Å². The van der Waals surface area contributed by atoms with Gasteiger partial charge in [0.15, 0.2) is 0 Å². The maximum absolute atomic E-state index is 12.0. The van der Waals surface area contributed by atoms with E-state index in [1.54, 1.807) is 0 Å². The van der Waals surface area contributed by atoms with Crippen LogP contribution in [-0.4, -0.2) is 34.9 Å². The van der Waals surface area contributed by atoms with Gasteiger partial charge in [-0.05, 0) is 25.2 Å². The van der Waals surface area contributed by atoms with Crippen LogP contribution in [0.25, 0.3) is 0 Å². The van der Waals surface area contributed by atoms with E-state index in [4.69, 9.17) is 0 Å². The molecule has 0 aromatic heterocycles. The molecule has 0 radical (unpaired) electrons. The van der Waals surface area contributed by atoms with E-state index in [-0.39, 0.29) is 25.0 Å². The van der Waals surface area contributed by atoms with Crippen molar-refractivity contribution in [2.75, 3.05) is 13.2 Å². The second-order valence-electron chi connectivity index (χ2n) is 4.95. The van der Waals surface area contributed by atoms with Crippen LogP contribution in [-0.2, 0) is 4.79 Å². The Hall–Kier alpha value is -0.610. The van der Waals surface area contributed by atoms with Gasteiger partial charge in [0.2, 0.25) is 5.91 Å². The fraction of sp³-hybridized carbons (Fsp3) is 0.917. The Morgan fingerprint density at radius 1 is 1.38 bits per heavy atom. The molecule has 0 bridgehead atoms. The SMILES string of the molecule is CCC(CO)(CO)NC(=O)C1CCCC1C. The van der Waals surface area contributed by atoms with Gasteiger partial charge in [-0.15, -0.1) is 0 Å². The van der Waals surface area contributed by atoms with Crippen LogP contribution in [0.4, 0.5) is 0 Å². The minimum absolute atomic E-state index is 0.0186. The lowest BCUT2D eigenvalue weighted by Gasteiger charge is -2.31. The summed E-state index contributed by atoms with van der Waals surface area (Å²) in [5.41, 5.74) is -0.848. The van der Waals surface area contributed by atoms with Crippen molar-refractivity contribution in [1.29, 1.82) is 0 Å². The Bertz CT molecular complexity index is 230. The normalized spacial score (nSPS) is 25.8. The Morgan fingerprint density at radius 3 is 2.38 bits per heavy atom. The van der Waals surface area contributed by atoms with Gasteiger partial charge in [-0.2, -0.15) is 0 Å². The van der Waals surface area contributed by atoms with E-state index in [9.17, 15) is 15.0 Å². The van der Waals surface area contributed by atoms with Gasteiger partial charge < -0.3 is 15.5 Å². The first-order valence-corrected chi connectivity index (χ1v) is 6.12. The first kappa shape index (κ1) is 13.5. The van der Waals surface area contributed by atoms with Crippen molar-refractivity contribution in [3.8, 4) is 0 Å². The number of carbonyl (C=O) groups is 1. The zero-order chi connectivity index (χ0) is 12.2. The monoisotopic (exact) mass is 229 g/mol. The minimum atomic E-state index is -0.848. The molecule has 3 N–H and O–H groups in total. The third-order valence-corrected chi connectivity index (χ3v) is 3.87. The summed E-state index contributed by atoms with van der Waals surface area (Å²) in [5.74, 6) is 0.436. The van der Waals surface area contributed by atoms with Crippen LogP contribution in [0.2, 0.25) is 0 Å². The van der Waals surface area contributed by atoms with Crippen molar-refractivity contribution in [3.63, 3.8) is 0 Å². The van der Waals surface area contributed by atoms with E-state index in [0.717, 1.165) is 19.3 Å². The fourth-order valence-corrected chi connectivity index (χ4v) is 2.33. The maximum atomic E-state index is 12.0. The molecule has 2 unspecified atom stereocenters. The van der Waals surface area contributed by atoms with Gasteiger partial charge >= 0.3 is 0 Å². The lowest BCUT2D eigenvalue weighted by Crippen LogP contribution is -2.55. The second-order valence-corrected chi connectivity index (χ2v) is 4.95.